The molecule has 0 aromatic rings. The van der Waals surface area contributed by atoms with Gasteiger partial charge in [-0.05, 0) is 24.7 Å². The summed E-state index contributed by atoms with van der Waals surface area (Å²) in [5.41, 5.74) is -0.669. The van der Waals surface area contributed by atoms with Crippen LogP contribution in [0, 0.1) is 17.3 Å². The second-order valence-electron chi connectivity index (χ2n) is 10.9. The predicted molar refractivity (Wildman–Crippen MR) is 141 cm³/mol. The van der Waals surface area contributed by atoms with E-state index in [-0.39, 0.29) is 48.4 Å². The van der Waals surface area contributed by atoms with Gasteiger partial charge in [-0.2, -0.15) is 0 Å². The second-order valence-corrected chi connectivity index (χ2v) is 18.6. The van der Waals surface area contributed by atoms with E-state index in [4.69, 9.17) is 4.31 Å². The number of nitrogens with zero attached hydrogens (tertiary/aromatic N) is 1. The number of sulfone groups is 1. The lowest BCUT2D eigenvalue weighted by Crippen LogP contribution is -2.39. The van der Waals surface area contributed by atoms with Crippen molar-refractivity contribution in [3.8, 4) is 0 Å². The molecule has 11 heteroatoms. The van der Waals surface area contributed by atoms with Crippen molar-refractivity contribution >= 4 is 36.3 Å². The lowest BCUT2D eigenvalue weighted by Gasteiger charge is -2.30. The zero-order valence-electron chi connectivity index (χ0n) is 22.6. The molecule has 0 aliphatic heterocycles. The minimum atomic E-state index is -3.21. The van der Waals surface area contributed by atoms with Crippen molar-refractivity contribution in [1.29, 1.82) is 0 Å². The van der Waals surface area contributed by atoms with Crippen LogP contribution in [-0.2, 0) is 32.9 Å². The van der Waals surface area contributed by atoms with Crippen LogP contribution in [0.1, 0.15) is 66.7 Å². The normalized spacial score (nSPS) is 16.5. The Balaban J connectivity index is 5.33. The van der Waals surface area contributed by atoms with Crippen molar-refractivity contribution in [3.05, 3.63) is 0 Å². The number of carbonyl (C=O) groups excluding carboxylic acids is 2. The zero-order valence-corrected chi connectivity index (χ0v) is 25.2. The van der Waals surface area contributed by atoms with Gasteiger partial charge in [-0.1, -0.05) is 41.0 Å². The third-order valence-corrected chi connectivity index (χ3v) is 10.8. The molecule has 0 bridgehead atoms. The van der Waals surface area contributed by atoms with Crippen molar-refractivity contribution in [3.63, 3.8) is 0 Å². The van der Waals surface area contributed by atoms with E-state index in [2.05, 4.69) is 0 Å². The summed E-state index contributed by atoms with van der Waals surface area (Å²) in [6.07, 6.45) is 4.06. The van der Waals surface area contributed by atoms with Gasteiger partial charge in [0.15, 0.2) is 0 Å². The molecule has 0 radical (unpaired) electrons. The minimum absolute atomic E-state index is 0.0480. The summed E-state index contributed by atoms with van der Waals surface area (Å²) >= 11 is 0. The molecular weight excluding hydrogens is 496 g/mol. The average molecular weight is 544 g/mol. The Morgan fingerprint density at radius 2 is 1.62 bits per heavy atom. The van der Waals surface area contributed by atoms with Gasteiger partial charge >= 0.3 is 0 Å². The fourth-order valence-corrected chi connectivity index (χ4v) is 9.89. The highest BCUT2D eigenvalue weighted by Gasteiger charge is 2.32. The SMILES string of the molecule is CCCCN(CCP(C)(=O)OP(C)(C)=O)C(=O)C(CC)CC(C)C(=O)CC(C)(C)CS(C)(=O)=O. The molecule has 3 atom stereocenters. The van der Waals surface area contributed by atoms with Gasteiger partial charge in [-0.25, -0.2) is 8.42 Å². The van der Waals surface area contributed by atoms with Crippen molar-refractivity contribution < 1.29 is 31.4 Å². The third-order valence-electron chi connectivity index (χ3n) is 5.57. The number of hydrogen-bond acceptors (Lipinski definition) is 7. The molecule has 0 spiro atoms. The highest BCUT2D eigenvalue weighted by Crippen LogP contribution is 2.57. The second kappa shape index (κ2) is 13.7. The van der Waals surface area contributed by atoms with Crippen molar-refractivity contribution in [2.45, 2.75) is 66.7 Å². The van der Waals surface area contributed by atoms with E-state index in [1.165, 1.54) is 26.3 Å². The molecule has 34 heavy (non-hydrogen) atoms. The molecule has 202 valence electrons. The Kier molecular flexibility index (Phi) is 13.5. The van der Waals surface area contributed by atoms with Gasteiger partial charge < -0.3 is 4.90 Å². The van der Waals surface area contributed by atoms with E-state index in [9.17, 15) is 27.1 Å². The van der Waals surface area contributed by atoms with E-state index in [1.807, 2.05) is 13.8 Å². The van der Waals surface area contributed by atoms with Crippen LogP contribution >= 0.6 is 14.7 Å². The molecule has 1 amide bonds. The number of hydrogen-bond donors (Lipinski definition) is 0. The Morgan fingerprint density at radius 1 is 1.06 bits per heavy atom. The Morgan fingerprint density at radius 3 is 2.06 bits per heavy atom. The first-order valence-corrected chi connectivity index (χ1v) is 18.9. The molecule has 0 heterocycles. The van der Waals surface area contributed by atoms with Gasteiger partial charge in [0.1, 0.15) is 15.6 Å². The standard InChI is InChI=1S/C23H47NO7P2S/c1-10-12-13-24(14-15-33(8,28)31-32(6,7)27)22(26)20(11-2)16-19(3)21(25)17-23(4,5)18-34(9,29)30/h19-20H,10-18H2,1-9H3. The number of unbranched alkanes of at least 4 members (excludes halogenated alkanes) is 1. The molecule has 8 nitrogen and oxygen atoms in total. The third kappa shape index (κ3) is 14.8. The average Bonchev–Trinajstić information content (AvgIpc) is 2.60. The van der Waals surface area contributed by atoms with Crippen LogP contribution in [0.25, 0.3) is 0 Å². The van der Waals surface area contributed by atoms with Gasteiger partial charge in [-0.3, -0.25) is 23.0 Å². The van der Waals surface area contributed by atoms with Crippen LogP contribution in [0.4, 0.5) is 0 Å². The van der Waals surface area contributed by atoms with E-state index in [1.54, 1.807) is 25.7 Å². The van der Waals surface area contributed by atoms with Crippen LogP contribution in [0.15, 0.2) is 0 Å². The predicted octanol–water partition coefficient (Wildman–Crippen LogP) is 5.16. The fraction of sp³-hybridized carbons (Fsp3) is 0.913. The topological polar surface area (TPSA) is 115 Å². The Bertz CT molecular complexity index is 880. The van der Waals surface area contributed by atoms with Gasteiger partial charge in [-0.15, -0.1) is 0 Å². The molecular formula is C23H47NO7P2S. The van der Waals surface area contributed by atoms with Crippen LogP contribution in [0.5, 0.6) is 0 Å². The summed E-state index contributed by atoms with van der Waals surface area (Å²) in [6, 6.07) is 0. The number of rotatable bonds is 17. The maximum atomic E-state index is 13.4. The van der Waals surface area contributed by atoms with Gasteiger partial charge in [0.05, 0.1) is 5.75 Å². The monoisotopic (exact) mass is 543 g/mol. The van der Waals surface area contributed by atoms with E-state index < -0.39 is 30.0 Å². The molecule has 0 aliphatic carbocycles. The summed E-state index contributed by atoms with van der Waals surface area (Å²) in [7, 11) is -9.25. The molecule has 0 saturated heterocycles. The van der Waals surface area contributed by atoms with Gasteiger partial charge in [0.25, 0.3) is 0 Å². The molecule has 0 aliphatic rings. The van der Waals surface area contributed by atoms with Crippen LogP contribution in [0.3, 0.4) is 0 Å². The van der Waals surface area contributed by atoms with Crippen LogP contribution in [0.2, 0.25) is 0 Å². The molecule has 0 N–H and O–H groups in total. The maximum Gasteiger partial charge on any atom is 0.225 e. The number of ketones is 1. The Hall–Kier alpha value is -0.490. The van der Waals surface area contributed by atoms with E-state index in [0.717, 1.165) is 12.8 Å². The summed E-state index contributed by atoms with van der Waals surface area (Å²) in [5.74, 6) is -0.946. The first-order valence-electron chi connectivity index (χ1n) is 12.0. The summed E-state index contributed by atoms with van der Waals surface area (Å²) in [4.78, 5) is 27.9. The summed E-state index contributed by atoms with van der Waals surface area (Å²) in [5, 5.41) is 0. The molecule has 0 saturated carbocycles. The first-order chi connectivity index (χ1) is 15.2. The Labute approximate surface area is 207 Å². The number of amides is 1. The minimum Gasteiger partial charge on any atom is -0.342 e. The van der Waals surface area contributed by atoms with Crippen molar-refractivity contribution in [1.82, 2.24) is 4.90 Å². The van der Waals surface area contributed by atoms with E-state index >= 15 is 0 Å². The number of Topliss-reactive ketones (excluding diaryl/α,β-unsaturated/α-hetero) is 1. The quantitative estimate of drug-likeness (QED) is 0.233. The summed E-state index contributed by atoms with van der Waals surface area (Å²) < 4.78 is 53.4. The molecule has 0 aromatic heterocycles. The molecule has 0 fully saturated rings. The van der Waals surface area contributed by atoms with Gasteiger partial charge in [0, 0.05) is 63.8 Å². The molecule has 3 unspecified atom stereocenters. The van der Waals surface area contributed by atoms with Crippen LogP contribution in [-0.4, -0.2) is 76.3 Å². The largest absolute Gasteiger partial charge is 0.342 e. The smallest absolute Gasteiger partial charge is 0.225 e. The van der Waals surface area contributed by atoms with Crippen molar-refractivity contribution in [2.75, 3.05) is 51.3 Å². The lowest BCUT2D eigenvalue weighted by atomic mass is 9.82. The summed E-state index contributed by atoms with van der Waals surface area (Å²) in [6.45, 7) is 14.3. The first kappa shape index (κ1) is 33.5. The van der Waals surface area contributed by atoms with Gasteiger partial charge in [0.2, 0.25) is 20.6 Å². The zero-order chi connectivity index (χ0) is 27.0. The lowest BCUT2D eigenvalue weighted by molar-refractivity contribution is -0.136. The maximum absolute atomic E-state index is 13.4. The van der Waals surface area contributed by atoms with Crippen LogP contribution < -0.4 is 0 Å². The fourth-order valence-electron chi connectivity index (χ4n) is 4.11. The number of carbonyl (C=O) groups is 2. The van der Waals surface area contributed by atoms with Crippen molar-refractivity contribution in [2.24, 2.45) is 17.3 Å². The molecule has 0 rings (SSSR count). The highest BCUT2D eigenvalue weighted by molar-refractivity contribution is 7.90. The molecule has 0 aromatic carbocycles. The van der Waals surface area contributed by atoms with E-state index in [0.29, 0.717) is 19.4 Å². The highest BCUT2D eigenvalue weighted by atomic mass is 32.2.